The second-order valence-electron chi connectivity index (χ2n) is 8.85. The van der Waals surface area contributed by atoms with E-state index in [0.717, 1.165) is 25.9 Å². The third kappa shape index (κ3) is 3.90. The molecule has 7 heteroatoms. The SMILES string of the molecule is CC(C)(C)[Si](C)(C)O[C@@H]1CC(=O)[N+](CC(=O)O)(C2CCNCC2)C1. The molecule has 2 heterocycles. The van der Waals surface area contributed by atoms with Gasteiger partial charge in [0.25, 0.3) is 0 Å². The number of piperidine rings is 1. The monoisotopic (exact) mass is 357 g/mol. The third-order valence-electron chi connectivity index (χ3n) is 6.12. The maximum absolute atomic E-state index is 12.9. The minimum atomic E-state index is -1.97. The van der Waals surface area contributed by atoms with Gasteiger partial charge < -0.3 is 14.8 Å². The first kappa shape index (κ1) is 19.6. The molecule has 0 bridgehead atoms. The van der Waals surface area contributed by atoms with E-state index in [1.807, 2.05) is 0 Å². The van der Waals surface area contributed by atoms with Gasteiger partial charge in [-0.3, -0.25) is 0 Å². The number of carbonyl (C=O) groups excluding carboxylic acids is 1. The molecule has 2 aliphatic heterocycles. The van der Waals surface area contributed by atoms with Gasteiger partial charge in [0.05, 0.1) is 12.5 Å². The zero-order valence-electron chi connectivity index (χ0n) is 15.7. The lowest BCUT2D eigenvalue weighted by Crippen LogP contribution is -2.62. The van der Waals surface area contributed by atoms with Crippen molar-refractivity contribution in [3.8, 4) is 0 Å². The summed E-state index contributed by atoms with van der Waals surface area (Å²) >= 11 is 0. The fourth-order valence-corrected chi connectivity index (χ4v) is 5.10. The van der Waals surface area contributed by atoms with Crippen molar-refractivity contribution in [2.45, 2.75) is 70.3 Å². The second-order valence-corrected chi connectivity index (χ2v) is 13.6. The number of likely N-dealkylation sites (tertiary alicyclic amines) is 1. The highest BCUT2D eigenvalue weighted by Crippen LogP contribution is 2.40. The van der Waals surface area contributed by atoms with Crippen molar-refractivity contribution < 1.29 is 23.6 Å². The number of nitrogens with zero attached hydrogens (tertiary/aromatic N) is 1. The Morgan fingerprint density at radius 1 is 1.33 bits per heavy atom. The van der Waals surface area contributed by atoms with Gasteiger partial charge in [-0.15, -0.1) is 0 Å². The van der Waals surface area contributed by atoms with E-state index in [1.54, 1.807) is 0 Å². The van der Waals surface area contributed by atoms with Crippen molar-refractivity contribution in [1.82, 2.24) is 5.32 Å². The number of aliphatic carboxylic acids is 1. The van der Waals surface area contributed by atoms with Crippen molar-refractivity contribution in [2.24, 2.45) is 0 Å². The Balaban J connectivity index is 2.20. The van der Waals surface area contributed by atoms with Crippen LogP contribution in [-0.4, -0.2) is 68.1 Å². The number of hydrogen-bond donors (Lipinski definition) is 2. The molecule has 0 aromatic carbocycles. The standard InChI is InChI=1S/C17H32N2O4Si/c1-17(2,3)24(4,5)23-14-10-15(20)19(11-14,12-16(21)22)13-6-8-18-9-7-13/h13-14,18H,6-12H2,1-5H3/p+1/t14-,19?/m1/s1. The van der Waals surface area contributed by atoms with Gasteiger partial charge in [0, 0.05) is 25.9 Å². The Morgan fingerprint density at radius 2 is 1.92 bits per heavy atom. The molecule has 0 spiro atoms. The zero-order valence-corrected chi connectivity index (χ0v) is 16.7. The molecule has 2 rings (SSSR count). The maximum Gasteiger partial charge on any atom is 0.359 e. The van der Waals surface area contributed by atoms with Crippen molar-refractivity contribution in [3.05, 3.63) is 0 Å². The van der Waals surface area contributed by atoms with Crippen LogP contribution < -0.4 is 5.32 Å². The van der Waals surface area contributed by atoms with Crippen molar-refractivity contribution >= 4 is 20.2 Å². The number of hydrogen-bond acceptors (Lipinski definition) is 4. The smallest absolute Gasteiger partial charge is 0.359 e. The Morgan fingerprint density at radius 3 is 2.42 bits per heavy atom. The summed E-state index contributed by atoms with van der Waals surface area (Å²) in [5, 5.41) is 12.8. The summed E-state index contributed by atoms with van der Waals surface area (Å²) in [6.45, 7) is 13.0. The fraction of sp³-hybridized carbons (Fsp3) is 0.882. The van der Waals surface area contributed by atoms with E-state index in [-0.39, 0.29) is 34.1 Å². The number of carbonyl (C=O) groups is 2. The van der Waals surface area contributed by atoms with Crippen molar-refractivity contribution in [1.29, 1.82) is 0 Å². The summed E-state index contributed by atoms with van der Waals surface area (Å²) in [6.07, 6.45) is 1.91. The average Bonchev–Trinajstić information content (AvgIpc) is 2.74. The molecule has 0 aromatic heterocycles. The molecule has 0 radical (unpaired) electrons. The first-order valence-corrected chi connectivity index (χ1v) is 11.9. The lowest BCUT2D eigenvalue weighted by atomic mass is 10.0. The van der Waals surface area contributed by atoms with Gasteiger partial charge in [-0.1, -0.05) is 20.8 Å². The number of carboxylic acids is 1. The zero-order chi connectivity index (χ0) is 18.2. The van der Waals surface area contributed by atoms with Crippen LogP contribution in [0, 0.1) is 0 Å². The molecule has 0 aromatic rings. The molecule has 0 aliphatic carbocycles. The Bertz CT molecular complexity index is 497. The van der Waals surface area contributed by atoms with Crippen LogP contribution in [0.4, 0.5) is 0 Å². The minimum absolute atomic E-state index is 0.0491. The second kappa shape index (κ2) is 6.86. The molecule has 2 atom stereocenters. The first-order valence-electron chi connectivity index (χ1n) is 8.98. The minimum Gasteiger partial charge on any atom is -0.477 e. The predicted molar refractivity (Wildman–Crippen MR) is 95.2 cm³/mol. The number of amides is 1. The number of nitrogens with one attached hydrogen (secondary N) is 1. The molecule has 0 saturated carbocycles. The average molecular weight is 358 g/mol. The van der Waals surface area contributed by atoms with Gasteiger partial charge in [-0.05, 0) is 18.1 Å². The largest absolute Gasteiger partial charge is 0.477 e. The molecule has 6 nitrogen and oxygen atoms in total. The van der Waals surface area contributed by atoms with Crippen LogP contribution in [-0.2, 0) is 14.0 Å². The molecule has 1 unspecified atom stereocenters. The van der Waals surface area contributed by atoms with Gasteiger partial charge in [-0.25, -0.2) is 14.1 Å². The predicted octanol–water partition coefficient (Wildman–Crippen LogP) is 1.96. The molecular formula is C17H33N2O4Si+. The number of quaternary nitrogens is 1. The van der Waals surface area contributed by atoms with E-state index in [0.29, 0.717) is 13.0 Å². The topological polar surface area (TPSA) is 75.6 Å². The highest BCUT2D eigenvalue weighted by atomic mass is 28.4. The Labute approximate surface area is 146 Å². The summed E-state index contributed by atoms with van der Waals surface area (Å²) in [5.74, 6) is -0.845. The summed E-state index contributed by atoms with van der Waals surface area (Å²) in [4.78, 5) is 24.4. The number of carboxylic acid groups (broad SMARTS) is 1. The van der Waals surface area contributed by atoms with Crippen LogP contribution in [0.5, 0.6) is 0 Å². The molecule has 2 saturated heterocycles. The Hall–Kier alpha value is -0.763. The molecule has 24 heavy (non-hydrogen) atoms. The van der Waals surface area contributed by atoms with E-state index >= 15 is 0 Å². The summed E-state index contributed by atoms with van der Waals surface area (Å²) in [7, 11) is -1.97. The van der Waals surface area contributed by atoms with Crippen molar-refractivity contribution in [3.63, 3.8) is 0 Å². The van der Waals surface area contributed by atoms with E-state index in [1.165, 1.54) is 0 Å². The van der Waals surface area contributed by atoms with Gasteiger partial charge in [0.1, 0.15) is 12.6 Å². The summed E-state index contributed by atoms with van der Waals surface area (Å²) in [5.41, 5.74) is 0. The van der Waals surface area contributed by atoms with Gasteiger partial charge >= 0.3 is 11.9 Å². The van der Waals surface area contributed by atoms with E-state index in [2.05, 4.69) is 39.2 Å². The lowest BCUT2D eigenvalue weighted by Gasteiger charge is -2.41. The van der Waals surface area contributed by atoms with Crippen LogP contribution in [0.25, 0.3) is 0 Å². The molecule has 2 N–H and O–H groups in total. The number of rotatable bonds is 5. The van der Waals surface area contributed by atoms with Crippen LogP contribution in [0.2, 0.25) is 18.1 Å². The highest BCUT2D eigenvalue weighted by molar-refractivity contribution is 6.74. The van der Waals surface area contributed by atoms with E-state index in [4.69, 9.17) is 4.43 Å². The van der Waals surface area contributed by atoms with Crippen LogP contribution >= 0.6 is 0 Å². The van der Waals surface area contributed by atoms with Gasteiger partial charge in [0.2, 0.25) is 0 Å². The quantitative estimate of drug-likeness (QED) is 0.581. The third-order valence-corrected chi connectivity index (χ3v) is 10.7. The molecule has 2 fully saturated rings. The van der Waals surface area contributed by atoms with Gasteiger partial charge in [-0.2, -0.15) is 0 Å². The highest BCUT2D eigenvalue weighted by Gasteiger charge is 2.55. The van der Waals surface area contributed by atoms with E-state index < -0.39 is 14.3 Å². The van der Waals surface area contributed by atoms with E-state index in [9.17, 15) is 14.7 Å². The molecular weight excluding hydrogens is 324 g/mol. The van der Waals surface area contributed by atoms with Crippen LogP contribution in [0.1, 0.15) is 40.0 Å². The van der Waals surface area contributed by atoms with Crippen LogP contribution in [0.3, 0.4) is 0 Å². The van der Waals surface area contributed by atoms with Crippen molar-refractivity contribution in [2.75, 3.05) is 26.2 Å². The fourth-order valence-electron chi connectivity index (χ4n) is 3.76. The summed E-state index contributed by atoms with van der Waals surface area (Å²) < 4.78 is 6.53. The maximum atomic E-state index is 12.9. The lowest BCUT2D eigenvalue weighted by molar-refractivity contribution is -0.867. The normalized spacial score (nSPS) is 29.9. The summed E-state index contributed by atoms with van der Waals surface area (Å²) in [6, 6.07) is 0.0999. The van der Waals surface area contributed by atoms with Crippen LogP contribution in [0.15, 0.2) is 0 Å². The molecule has 138 valence electrons. The first-order chi connectivity index (χ1) is 11.0. The molecule has 1 amide bonds. The molecule has 2 aliphatic rings. The van der Waals surface area contributed by atoms with Gasteiger partial charge in [0.15, 0.2) is 14.9 Å². The Kier molecular flexibility index (Phi) is 5.59.